The highest BCUT2D eigenvalue weighted by Crippen LogP contribution is 2.30. The van der Waals surface area contributed by atoms with Crippen LogP contribution in [0.4, 0.5) is 10.5 Å². The molecule has 1 aliphatic rings. The number of benzene rings is 1. The van der Waals surface area contributed by atoms with Gasteiger partial charge < -0.3 is 16.0 Å². The molecular formula is C18H22N4O2S. The summed E-state index contributed by atoms with van der Waals surface area (Å²) in [4.78, 5) is 30.4. The second kappa shape index (κ2) is 7.65. The summed E-state index contributed by atoms with van der Waals surface area (Å²) in [5.74, 6) is 0.278. The number of rotatable bonds is 4. The number of amides is 3. The normalized spacial score (nSPS) is 17.3. The Morgan fingerprint density at radius 3 is 3.00 bits per heavy atom. The van der Waals surface area contributed by atoms with E-state index in [-0.39, 0.29) is 5.91 Å². The fraction of sp³-hybridized carbons (Fsp3) is 0.389. The number of anilines is 1. The predicted molar refractivity (Wildman–Crippen MR) is 99.0 cm³/mol. The summed E-state index contributed by atoms with van der Waals surface area (Å²) in [6.45, 7) is 3.53. The zero-order chi connectivity index (χ0) is 17.8. The molecule has 0 bridgehead atoms. The molecule has 7 heteroatoms. The van der Waals surface area contributed by atoms with Crippen LogP contribution in [0.5, 0.6) is 0 Å². The molecular weight excluding hydrogens is 336 g/mol. The lowest BCUT2D eigenvalue weighted by molar-refractivity contribution is 0.0707. The lowest BCUT2D eigenvalue weighted by Gasteiger charge is -2.32. The van der Waals surface area contributed by atoms with Gasteiger partial charge >= 0.3 is 6.03 Å². The molecule has 1 saturated heterocycles. The Morgan fingerprint density at radius 1 is 1.44 bits per heavy atom. The van der Waals surface area contributed by atoms with Crippen LogP contribution in [-0.2, 0) is 6.42 Å². The van der Waals surface area contributed by atoms with Gasteiger partial charge in [0, 0.05) is 35.6 Å². The zero-order valence-electron chi connectivity index (χ0n) is 14.2. The molecule has 25 heavy (non-hydrogen) atoms. The topological polar surface area (TPSA) is 88.3 Å². The number of aryl methyl sites for hydroxylation is 1. The standard InChI is InChI=1S/C18H22N4O2S/c1-2-14-11-25-16(20-14)13-6-4-8-22(10-13)17(23)12-5-3-7-15(9-12)21-18(19)24/h3,5,7,9,11,13H,2,4,6,8,10H2,1H3,(H3,19,21,24). The van der Waals surface area contributed by atoms with Gasteiger partial charge in [-0.05, 0) is 37.5 Å². The molecule has 1 atom stereocenters. The Hall–Kier alpha value is -2.41. The van der Waals surface area contributed by atoms with Gasteiger partial charge in [0.05, 0.1) is 10.7 Å². The second-order valence-electron chi connectivity index (χ2n) is 6.19. The summed E-state index contributed by atoms with van der Waals surface area (Å²) in [5, 5.41) is 5.74. The first-order valence-corrected chi connectivity index (χ1v) is 9.35. The summed E-state index contributed by atoms with van der Waals surface area (Å²) in [5.41, 5.74) is 7.34. The minimum absolute atomic E-state index is 0.0231. The van der Waals surface area contributed by atoms with E-state index in [4.69, 9.17) is 5.73 Å². The van der Waals surface area contributed by atoms with Gasteiger partial charge in [0.2, 0.25) is 0 Å². The van der Waals surface area contributed by atoms with Crippen LogP contribution in [0.15, 0.2) is 29.6 Å². The number of urea groups is 1. The number of carbonyl (C=O) groups excluding carboxylic acids is 2. The van der Waals surface area contributed by atoms with Gasteiger partial charge in [-0.15, -0.1) is 11.3 Å². The first kappa shape index (κ1) is 17.4. The van der Waals surface area contributed by atoms with Gasteiger partial charge in [0.15, 0.2) is 0 Å². The first-order valence-electron chi connectivity index (χ1n) is 8.47. The molecule has 132 valence electrons. The van der Waals surface area contributed by atoms with Crippen LogP contribution in [0.25, 0.3) is 0 Å². The van der Waals surface area contributed by atoms with Gasteiger partial charge in [0.25, 0.3) is 5.91 Å². The van der Waals surface area contributed by atoms with Crippen LogP contribution in [0, 0.1) is 0 Å². The van der Waals surface area contributed by atoms with Crippen molar-refractivity contribution in [2.75, 3.05) is 18.4 Å². The van der Waals surface area contributed by atoms with E-state index in [1.165, 1.54) is 0 Å². The van der Waals surface area contributed by atoms with E-state index in [1.807, 2.05) is 4.90 Å². The predicted octanol–water partition coefficient (Wildman–Crippen LogP) is 3.22. The monoisotopic (exact) mass is 358 g/mol. The van der Waals surface area contributed by atoms with Crippen LogP contribution >= 0.6 is 11.3 Å². The minimum Gasteiger partial charge on any atom is -0.351 e. The van der Waals surface area contributed by atoms with Gasteiger partial charge in [-0.3, -0.25) is 4.79 Å². The van der Waals surface area contributed by atoms with Gasteiger partial charge in [-0.1, -0.05) is 13.0 Å². The average molecular weight is 358 g/mol. The summed E-state index contributed by atoms with van der Waals surface area (Å²) >= 11 is 1.69. The Morgan fingerprint density at radius 2 is 2.28 bits per heavy atom. The minimum atomic E-state index is -0.641. The zero-order valence-corrected chi connectivity index (χ0v) is 15.0. The number of nitrogens with two attached hydrogens (primary N) is 1. The van der Waals surface area contributed by atoms with Gasteiger partial charge in [-0.25, -0.2) is 9.78 Å². The van der Waals surface area contributed by atoms with Crippen molar-refractivity contribution in [3.05, 3.63) is 45.9 Å². The number of thiazole rings is 1. The molecule has 3 amide bonds. The van der Waals surface area contributed by atoms with Crippen LogP contribution in [0.3, 0.4) is 0 Å². The Kier molecular flexibility index (Phi) is 5.33. The van der Waals surface area contributed by atoms with Crippen molar-refractivity contribution in [1.29, 1.82) is 0 Å². The van der Waals surface area contributed by atoms with E-state index < -0.39 is 6.03 Å². The molecule has 0 aliphatic carbocycles. The quantitative estimate of drug-likeness (QED) is 0.879. The van der Waals surface area contributed by atoms with Crippen molar-refractivity contribution in [2.45, 2.75) is 32.1 Å². The van der Waals surface area contributed by atoms with Crippen LogP contribution in [0.2, 0.25) is 0 Å². The van der Waals surface area contributed by atoms with Crippen molar-refractivity contribution in [3.63, 3.8) is 0 Å². The number of carbonyl (C=O) groups is 2. The second-order valence-corrected chi connectivity index (χ2v) is 7.08. The Labute approximate surface area is 151 Å². The number of nitrogens with one attached hydrogen (secondary N) is 1. The molecule has 0 spiro atoms. The number of aromatic nitrogens is 1. The maximum atomic E-state index is 12.8. The third-order valence-corrected chi connectivity index (χ3v) is 5.42. The summed E-state index contributed by atoms with van der Waals surface area (Å²) < 4.78 is 0. The first-order chi connectivity index (χ1) is 12.1. The fourth-order valence-corrected chi connectivity index (χ4v) is 4.12. The third kappa shape index (κ3) is 4.17. The molecule has 6 nitrogen and oxygen atoms in total. The van der Waals surface area contributed by atoms with Crippen molar-refractivity contribution in [2.24, 2.45) is 5.73 Å². The van der Waals surface area contributed by atoms with Crippen LogP contribution < -0.4 is 11.1 Å². The fourth-order valence-electron chi connectivity index (χ4n) is 3.09. The van der Waals surface area contributed by atoms with Crippen molar-refractivity contribution in [1.82, 2.24) is 9.88 Å². The van der Waals surface area contributed by atoms with E-state index in [1.54, 1.807) is 35.6 Å². The van der Waals surface area contributed by atoms with Crippen molar-refractivity contribution < 1.29 is 9.59 Å². The van der Waals surface area contributed by atoms with Crippen LogP contribution in [-0.4, -0.2) is 34.9 Å². The molecule has 2 heterocycles. The molecule has 0 saturated carbocycles. The van der Waals surface area contributed by atoms with E-state index in [0.717, 1.165) is 36.5 Å². The molecule has 3 N–H and O–H groups in total. The van der Waals surface area contributed by atoms with Crippen molar-refractivity contribution >= 4 is 29.0 Å². The average Bonchev–Trinajstić information content (AvgIpc) is 3.10. The molecule has 1 aromatic heterocycles. The summed E-state index contributed by atoms with van der Waals surface area (Å²) in [7, 11) is 0. The maximum absolute atomic E-state index is 12.8. The highest BCUT2D eigenvalue weighted by molar-refractivity contribution is 7.09. The molecule has 1 unspecified atom stereocenters. The largest absolute Gasteiger partial charge is 0.351 e. The molecule has 3 rings (SSSR count). The molecule has 2 aromatic rings. The number of hydrogen-bond donors (Lipinski definition) is 2. The van der Waals surface area contributed by atoms with Gasteiger partial charge in [0.1, 0.15) is 0 Å². The highest BCUT2D eigenvalue weighted by atomic mass is 32.1. The Bertz CT molecular complexity index is 774. The van der Waals surface area contributed by atoms with Gasteiger partial charge in [-0.2, -0.15) is 0 Å². The van der Waals surface area contributed by atoms with E-state index in [9.17, 15) is 9.59 Å². The number of likely N-dealkylation sites (tertiary alicyclic amines) is 1. The number of nitrogens with zero attached hydrogens (tertiary/aromatic N) is 2. The van der Waals surface area contributed by atoms with E-state index in [0.29, 0.717) is 23.7 Å². The van der Waals surface area contributed by atoms with Crippen LogP contribution in [0.1, 0.15) is 46.7 Å². The summed E-state index contributed by atoms with van der Waals surface area (Å²) in [6, 6.07) is 6.24. The number of hydrogen-bond acceptors (Lipinski definition) is 4. The highest BCUT2D eigenvalue weighted by Gasteiger charge is 2.27. The van der Waals surface area contributed by atoms with E-state index >= 15 is 0 Å². The molecule has 0 radical (unpaired) electrons. The number of primary amides is 1. The maximum Gasteiger partial charge on any atom is 0.316 e. The Balaban J connectivity index is 1.72. The smallest absolute Gasteiger partial charge is 0.316 e. The summed E-state index contributed by atoms with van der Waals surface area (Å²) in [6.07, 6.45) is 2.96. The van der Waals surface area contributed by atoms with Crippen molar-refractivity contribution in [3.8, 4) is 0 Å². The number of piperidine rings is 1. The lowest BCUT2D eigenvalue weighted by Crippen LogP contribution is -2.39. The molecule has 1 aromatic carbocycles. The molecule has 1 fully saturated rings. The third-order valence-electron chi connectivity index (χ3n) is 4.37. The SMILES string of the molecule is CCc1csc(C2CCCN(C(=O)c3cccc(NC(N)=O)c3)C2)n1. The molecule has 1 aliphatic heterocycles. The lowest BCUT2D eigenvalue weighted by atomic mass is 9.98. The van der Waals surface area contributed by atoms with E-state index in [2.05, 4.69) is 22.6 Å².